The van der Waals surface area contributed by atoms with Gasteiger partial charge in [-0.25, -0.2) is 8.42 Å². The van der Waals surface area contributed by atoms with Crippen LogP contribution in [0.3, 0.4) is 0 Å². The average molecular weight is 444 g/mol. The second-order valence-electron chi connectivity index (χ2n) is 7.94. The zero-order valence-corrected chi connectivity index (χ0v) is 18.4. The zero-order valence-electron chi connectivity index (χ0n) is 17.6. The van der Waals surface area contributed by atoms with E-state index in [4.69, 9.17) is 4.74 Å². The highest BCUT2D eigenvalue weighted by Crippen LogP contribution is 2.22. The number of carbonyl (C=O) groups is 1. The van der Waals surface area contributed by atoms with Crippen LogP contribution in [0.5, 0.6) is 0 Å². The lowest BCUT2D eigenvalue weighted by Gasteiger charge is -2.28. The summed E-state index contributed by atoms with van der Waals surface area (Å²) in [5.74, 6) is -0.266. The maximum absolute atomic E-state index is 12.9. The number of morpholine rings is 1. The fourth-order valence-corrected chi connectivity index (χ4v) is 5.51. The molecule has 0 spiro atoms. The van der Waals surface area contributed by atoms with Crippen molar-refractivity contribution in [3.05, 3.63) is 54.1 Å². The van der Waals surface area contributed by atoms with Crippen LogP contribution in [0.15, 0.2) is 53.4 Å². The molecule has 2 heterocycles. The molecule has 0 saturated carbocycles. The molecule has 2 fully saturated rings. The molecule has 8 heteroatoms. The molecule has 2 aliphatic heterocycles. The predicted octanol–water partition coefficient (Wildman–Crippen LogP) is 3.34. The van der Waals surface area contributed by atoms with Crippen LogP contribution in [0.2, 0.25) is 0 Å². The third kappa shape index (κ3) is 5.26. The van der Waals surface area contributed by atoms with Gasteiger partial charge in [-0.3, -0.25) is 4.79 Å². The van der Waals surface area contributed by atoms with Gasteiger partial charge in [0.1, 0.15) is 0 Å². The van der Waals surface area contributed by atoms with Crippen molar-refractivity contribution < 1.29 is 17.9 Å². The Morgan fingerprint density at radius 3 is 2.03 bits per heavy atom. The summed E-state index contributed by atoms with van der Waals surface area (Å²) >= 11 is 0. The minimum Gasteiger partial charge on any atom is -0.378 e. The Labute approximate surface area is 184 Å². The van der Waals surface area contributed by atoms with E-state index in [9.17, 15) is 13.2 Å². The molecule has 1 N–H and O–H groups in total. The van der Waals surface area contributed by atoms with Crippen molar-refractivity contribution in [3.63, 3.8) is 0 Å². The number of benzene rings is 2. The Kier molecular flexibility index (Phi) is 6.89. The van der Waals surface area contributed by atoms with E-state index < -0.39 is 10.0 Å². The van der Waals surface area contributed by atoms with Gasteiger partial charge in [0.05, 0.1) is 18.1 Å². The van der Waals surface area contributed by atoms with Crippen LogP contribution in [0.25, 0.3) is 0 Å². The number of nitrogens with one attached hydrogen (secondary N) is 1. The summed E-state index contributed by atoms with van der Waals surface area (Å²) in [5, 5.41) is 2.88. The highest BCUT2D eigenvalue weighted by molar-refractivity contribution is 7.89. The summed E-state index contributed by atoms with van der Waals surface area (Å²) in [4.78, 5) is 15.1. The highest BCUT2D eigenvalue weighted by atomic mass is 32.2. The molecule has 4 rings (SSSR count). The van der Waals surface area contributed by atoms with Gasteiger partial charge < -0.3 is 15.0 Å². The van der Waals surface area contributed by atoms with Crippen LogP contribution in [-0.4, -0.2) is 58.0 Å². The number of anilines is 2. The summed E-state index contributed by atoms with van der Waals surface area (Å²) in [6.07, 6.45) is 3.92. The van der Waals surface area contributed by atoms with Gasteiger partial charge >= 0.3 is 0 Å². The molecular weight excluding hydrogens is 414 g/mol. The third-order valence-corrected chi connectivity index (χ3v) is 7.73. The van der Waals surface area contributed by atoms with E-state index in [1.165, 1.54) is 12.1 Å². The van der Waals surface area contributed by atoms with Gasteiger partial charge in [0.15, 0.2) is 0 Å². The highest BCUT2D eigenvalue weighted by Gasteiger charge is 2.25. The normalized spacial score (nSPS) is 18.4. The lowest BCUT2D eigenvalue weighted by molar-refractivity contribution is 0.102. The molecule has 1 amide bonds. The first-order valence-corrected chi connectivity index (χ1v) is 12.3. The quantitative estimate of drug-likeness (QED) is 0.767. The smallest absolute Gasteiger partial charge is 0.255 e. The molecule has 0 unspecified atom stereocenters. The van der Waals surface area contributed by atoms with Crippen LogP contribution in [0, 0.1) is 0 Å². The molecule has 0 radical (unpaired) electrons. The molecule has 0 atom stereocenters. The maximum Gasteiger partial charge on any atom is 0.255 e. The number of hydrogen-bond donors (Lipinski definition) is 1. The van der Waals surface area contributed by atoms with E-state index >= 15 is 0 Å². The van der Waals surface area contributed by atoms with E-state index in [1.54, 1.807) is 16.4 Å². The van der Waals surface area contributed by atoms with E-state index in [-0.39, 0.29) is 10.8 Å². The van der Waals surface area contributed by atoms with E-state index in [2.05, 4.69) is 10.2 Å². The molecule has 7 nitrogen and oxygen atoms in total. The maximum atomic E-state index is 12.9. The molecule has 2 aliphatic rings. The fraction of sp³-hybridized carbons (Fsp3) is 0.435. The molecule has 0 bridgehead atoms. The van der Waals surface area contributed by atoms with E-state index in [0.717, 1.165) is 57.7 Å². The van der Waals surface area contributed by atoms with Crippen molar-refractivity contribution in [2.75, 3.05) is 49.6 Å². The van der Waals surface area contributed by atoms with Crippen molar-refractivity contribution in [2.24, 2.45) is 0 Å². The lowest BCUT2D eigenvalue weighted by Crippen LogP contribution is -2.36. The third-order valence-electron chi connectivity index (χ3n) is 5.82. The molecule has 31 heavy (non-hydrogen) atoms. The van der Waals surface area contributed by atoms with Crippen LogP contribution in [0.1, 0.15) is 36.0 Å². The molecule has 166 valence electrons. The minimum absolute atomic E-state index is 0.237. The van der Waals surface area contributed by atoms with Crippen LogP contribution < -0.4 is 10.2 Å². The Balaban J connectivity index is 1.40. The first-order chi connectivity index (χ1) is 15.0. The topological polar surface area (TPSA) is 79.0 Å². The standard InChI is InChI=1S/C23H29N3O4S/c27-23(24-20-7-9-21(10-8-20)25-15-17-30-18-16-25)19-5-11-22(12-6-19)31(28,29)26-13-3-1-2-4-14-26/h5-12H,1-4,13-18H2,(H,24,27). The summed E-state index contributed by atoms with van der Waals surface area (Å²) < 4.78 is 32.7. The minimum atomic E-state index is -3.51. The number of amides is 1. The molecule has 2 saturated heterocycles. The number of sulfonamides is 1. The number of rotatable bonds is 5. The Hall–Kier alpha value is -2.42. The molecular formula is C23H29N3O4S. The Morgan fingerprint density at radius 2 is 1.42 bits per heavy atom. The largest absolute Gasteiger partial charge is 0.378 e. The molecule has 2 aromatic rings. The van der Waals surface area contributed by atoms with Crippen molar-refractivity contribution in [2.45, 2.75) is 30.6 Å². The number of ether oxygens (including phenoxy) is 1. The lowest BCUT2D eigenvalue weighted by atomic mass is 10.2. The van der Waals surface area contributed by atoms with Crippen molar-refractivity contribution >= 4 is 27.3 Å². The predicted molar refractivity (Wildman–Crippen MR) is 121 cm³/mol. The molecule has 0 aliphatic carbocycles. The van der Waals surface area contributed by atoms with Crippen LogP contribution in [0.4, 0.5) is 11.4 Å². The summed E-state index contributed by atoms with van der Waals surface area (Å²) in [5.41, 5.74) is 2.22. The summed E-state index contributed by atoms with van der Waals surface area (Å²) in [6.45, 7) is 4.29. The van der Waals surface area contributed by atoms with Gasteiger partial charge in [-0.05, 0) is 61.4 Å². The van der Waals surface area contributed by atoms with Crippen molar-refractivity contribution in [1.29, 1.82) is 0 Å². The Morgan fingerprint density at radius 1 is 0.806 bits per heavy atom. The summed E-state index contributed by atoms with van der Waals surface area (Å²) in [7, 11) is -3.51. The molecule has 0 aromatic heterocycles. The fourth-order valence-electron chi connectivity index (χ4n) is 3.99. The van der Waals surface area contributed by atoms with Crippen molar-refractivity contribution in [3.8, 4) is 0 Å². The van der Waals surface area contributed by atoms with E-state index in [1.807, 2.05) is 24.3 Å². The van der Waals surface area contributed by atoms with Gasteiger partial charge in [-0.15, -0.1) is 0 Å². The second-order valence-corrected chi connectivity index (χ2v) is 9.88. The van der Waals surface area contributed by atoms with Crippen LogP contribution in [-0.2, 0) is 14.8 Å². The van der Waals surface area contributed by atoms with E-state index in [0.29, 0.717) is 24.3 Å². The Bertz CT molecular complexity index is 976. The first-order valence-electron chi connectivity index (χ1n) is 10.9. The number of carbonyl (C=O) groups excluding carboxylic acids is 1. The SMILES string of the molecule is O=C(Nc1ccc(N2CCOCC2)cc1)c1ccc(S(=O)(=O)N2CCCCCC2)cc1. The number of nitrogens with zero attached hydrogens (tertiary/aromatic N) is 2. The van der Waals surface area contributed by atoms with Gasteiger partial charge in [-0.2, -0.15) is 4.31 Å². The monoisotopic (exact) mass is 443 g/mol. The average Bonchev–Trinajstić information content (AvgIpc) is 3.11. The summed E-state index contributed by atoms with van der Waals surface area (Å²) in [6, 6.07) is 13.9. The van der Waals surface area contributed by atoms with Gasteiger partial charge in [-0.1, -0.05) is 12.8 Å². The van der Waals surface area contributed by atoms with Crippen molar-refractivity contribution in [1.82, 2.24) is 4.31 Å². The van der Waals surface area contributed by atoms with Gasteiger partial charge in [0, 0.05) is 43.1 Å². The second kappa shape index (κ2) is 9.80. The molecule has 2 aromatic carbocycles. The number of hydrogen-bond acceptors (Lipinski definition) is 5. The van der Waals surface area contributed by atoms with Gasteiger partial charge in [0.2, 0.25) is 10.0 Å². The zero-order chi connectivity index (χ0) is 21.7. The van der Waals surface area contributed by atoms with Crippen LogP contribution >= 0.6 is 0 Å². The van der Waals surface area contributed by atoms with Gasteiger partial charge in [0.25, 0.3) is 5.91 Å². The first kappa shape index (κ1) is 21.8.